The maximum absolute atomic E-state index is 11.8. The number of carbonyl (C=O) groups is 1. The van der Waals surface area contributed by atoms with Gasteiger partial charge in [-0.25, -0.2) is 9.78 Å². The zero-order chi connectivity index (χ0) is 12.1. The zero-order valence-corrected chi connectivity index (χ0v) is 10.1. The van der Waals surface area contributed by atoms with Crippen LogP contribution in [0.25, 0.3) is 0 Å². The first-order chi connectivity index (χ1) is 8.25. The minimum atomic E-state index is -0.151. The largest absolute Gasteiger partial charge is 0.335 e. The van der Waals surface area contributed by atoms with Crippen molar-refractivity contribution >= 4 is 11.8 Å². The molecule has 0 bridgehead atoms. The lowest BCUT2D eigenvalue weighted by atomic mass is 9.86. The van der Waals surface area contributed by atoms with Gasteiger partial charge in [0, 0.05) is 12.2 Å². The summed E-state index contributed by atoms with van der Waals surface area (Å²) in [7, 11) is 0. The average molecular weight is 233 g/mol. The Morgan fingerprint density at radius 1 is 1.35 bits per heavy atom. The van der Waals surface area contributed by atoms with Crippen LogP contribution in [0.4, 0.5) is 10.6 Å². The molecular weight excluding hydrogens is 214 g/mol. The van der Waals surface area contributed by atoms with Crippen LogP contribution in [-0.4, -0.2) is 17.1 Å². The molecule has 2 amide bonds. The van der Waals surface area contributed by atoms with Crippen LogP contribution in [0.15, 0.2) is 24.4 Å². The molecule has 2 atom stereocenters. The molecule has 1 aromatic heterocycles. The Morgan fingerprint density at radius 3 is 2.88 bits per heavy atom. The summed E-state index contributed by atoms with van der Waals surface area (Å²) in [6.07, 6.45) is 6.43. The van der Waals surface area contributed by atoms with E-state index in [1.165, 1.54) is 19.3 Å². The monoisotopic (exact) mass is 233 g/mol. The third-order valence-electron chi connectivity index (χ3n) is 3.33. The van der Waals surface area contributed by atoms with E-state index in [9.17, 15) is 4.79 Å². The van der Waals surface area contributed by atoms with E-state index in [4.69, 9.17) is 0 Å². The van der Waals surface area contributed by atoms with E-state index in [-0.39, 0.29) is 6.03 Å². The van der Waals surface area contributed by atoms with Crippen LogP contribution in [-0.2, 0) is 0 Å². The van der Waals surface area contributed by atoms with Crippen molar-refractivity contribution in [1.29, 1.82) is 0 Å². The van der Waals surface area contributed by atoms with Gasteiger partial charge >= 0.3 is 6.03 Å². The lowest BCUT2D eigenvalue weighted by Gasteiger charge is -2.29. The van der Waals surface area contributed by atoms with Crippen molar-refractivity contribution in [2.45, 2.75) is 38.6 Å². The molecule has 0 saturated heterocycles. The van der Waals surface area contributed by atoms with Gasteiger partial charge in [-0.2, -0.15) is 0 Å². The van der Waals surface area contributed by atoms with Crippen LogP contribution < -0.4 is 10.6 Å². The quantitative estimate of drug-likeness (QED) is 0.825. The first-order valence-corrected chi connectivity index (χ1v) is 6.24. The summed E-state index contributed by atoms with van der Waals surface area (Å²) in [6, 6.07) is 5.61. The molecule has 0 aromatic carbocycles. The number of urea groups is 1. The molecule has 0 spiro atoms. The van der Waals surface area contributed by atoms with E-state index < -0.39 is 0 Å². The first kappa shape index (κ1) is 11.9. The van der Waals surface area contributed by atoms with Crippen molar-refractivity contribution in [1.82, 2.24) is 10.3 Å². The highest BCUT2D eigenvalue weighted by Crippen LogP contribution is 2.23. The summed E-state index contributed by atoms with van der Waals surface area (Å²) in [4.78, 5) is 15.8. The first-order valence-electron chi connectivity index (χ1n) is 6.24. The fourth-order valence-electron chi connectivity index (χ4n) is 2.29. The van der Waals surface area contributed by atoms with Crippen molar-refractivity contribution in [2.24, 2.45) is 5.92 Å². The number of rotatable bonds is 2. The molecule has 1 heterocycles. The molecule has 0 aliphatic heterocycles. The van der Waals surface area contributed by atoms with Crippen molar-refractivity contribution in [3.8, 4) is 0 Å². The number of anilines is 1. The van der Waals surface area contributed by atoms with Crippen LogP contribution in [0.1, 0.15) is 32.6 Å². The molecule has 1 saturated carbocycles. The van der Waals surface area contributed by atoms with Crippen molar-refractivity contribution in [3.05, 3.63) is 24.4 Å². The normalized spacial score (nSPS) is 24.1. The van der Waals surface area contributed by atoms with Gasteiger partial charge in [0.05, 0.1) is 0 Å². The topological polar surface area (TPSA) is 54.0 Å². The molecular formula is C13H19N3O. The molecule has 4 nitrogen and oxygen atoms in total. The van der Waals surface area contributed by atoms with Crippen molar-refractivity contribution < 1.29 is 4.79 Å². The van der Waals surface area contributed by atoms with Crippen LogP contribution >= 0.6 is 0 Å². The van der Waals surface area contributed by atoms with Gasteiger partial charge in [-0.15, -0.1) is 0 Å². The molecule has 92 valence electrons. The third kappa shape index (κ3) is 3.44. The second-order valence-corrected chi connectivity index (χ2v) is 4.68. The lowest BCUT2D eigenvalue weighted by molar-refractivity contribution is 0.232. The molecule has 1 aliphatic rings. The maximum atomic E-state index is 11.8. The van der Waals surface area contributed by atoms with E-state index in [1.807, 2.05) is 12.1 Å². The number of hydrogen-bond acceptors (Lipinski definition) is 2. The zero-order valence-electron chi connectivity index (χ0n) is 10.1. The number of carbonyl (C=O) groups excluding carboxylic acids is 1. The average Bonchev–Trinajstić information content (AvgIpc) is 2.33. The van der Waals surface area contributed by atoms with Gasteiger partial charge in [0.2, 0.25) is 0 Å². The molecule has 2 rings (SSSR count). The summed E-state index contributed by atoms with van der Waals surface area (Å²) in [5, 5.41) is 5.78. The van der Waals surface area contributed by atoms with Gasteiger partial charge in [-0.1, -0.05) is 25.8 Å². The van der Waals surface area contributed by atoms with E-state index in [0.29, 0.717) is 17.8 Å². The van der Waals surface area contributed by atoms with E-state index >= 15 is 0 Å². The predicted octanol–water partition coefficient (Wildman–Crippen LogP) is 2.78. The Hall–Kier alpha value is -1.58. The third-order valence-corrected chi connectivity index (χ3v) is 3.33. The molecule has 2 unspecified atom stereocenters. The highest BCUT2D eigenvalue weighted by Gasteiger charge is 2.22. The summed E-state index contributed by atoms with van der Waals surface area (Å²) in [6.45, 7) is 2.20. The summed E-state index contributed by atoms with van der Waals surface area (Å²) in [5.41, 5.74) is 0. The molecule has 1 fully saturated rings. The maximum Gasteiger partial charge on any atom is 0.320 e. The van der Waals surface area contributed by atoms with Gasteiger partial charge in [-0.05, 0) is 30.9 Å². The number of hydrogen-bond donors (Lipinski definition) is 2. The number of pyridine rings is 1. The Labute approximate surface area is 102 Å². The van der Waals surface area contributed by atoms with Gasteiger partial charge in [0.1, 0.15) is 5.82 Å². The fourth-order valence-corrected chi connectivity index (χ4v) is 2.29. The molecule has 4 heteroatoms. The Bertz CT molecular complexity index is 366. The van der Waals surface area contributed by atoms with Crippen LogP contribution in [0.2, 0.25) is 0 Å². The number of nitrogens with one attached hydrogen (secondary N) is 2. The summed E-state index contributed by atoms with van der Waals surface area (Å²) < 4.78 is 0. The molecule has 0 radical (unpaired) electrons. The molecule has 1 aromatic rings. The van der Waals surface area contributed by atoms with Gasteiger partial charge in [-0.3, -0.25) is 5.32 Å². The summed E-state index contributed by atoms with van der Waals surface area (Å²) in [5.74, 6) is 1.16. The Kier molecular flexibility index (Phi) is 3.96. The number of amides is 2. The fraction of sp³-hybridized carbons (Fsp3) is 0.538. The van der Waals surface area contributed by atoms with Crippen LogP contribution in [0, 0.1) is 5.92 Å². The molecule has 1 aliphatic carbocycles. The lowest BCUT2D eigenvalue weighted by Crippen LogP contribution is -2.43. The minimum absolute atomic E-state index is 0.151. The van der Waals surface area contributed by atoms with E-state index in [1.54, 1.807) is 12.3 Å². The molecule has 2 N–H and O–H groups in total. The number of nitrogens with zero attached hydrogens (tertiary/aromatic N) is 1. The van der Waals surface area contributed by atoms with Crippen molar-refractivity contribution in [2.75, 3.05) is 5.32 Å². The second kappa shape index (κ2) is 5.66. The van der Waals surface area contributed by atoms with E-state index in [2.05, 4.69) is 22.5 Å². The predicted molar refractivity (Wildman–Crippen MR) is 67.8 cm³/mol. The van der Waals surface area contributed by atoms with Gasteiger partial charge < -0.3 is 5.32 Å². The highest BCUT2D eigenvalue weighted by molar-refractivity contribution is 5.88. The van der Waals surface area contributed by atoms with Gasteiger partial charge in [0.25, 0.3) is 0 Å². The van der Waals surface area contributed by atoms with E-state index in [0.717, 1.165) is 6.42 Å². The van der Waals surface area contributed by atoms with Crippen molar-refractivity contribution in [3.63, 3.8) is 0 Å². The smallest absolute Gasteiger partial charge is 0.320 e. The standard InChI is InChI=1S/C13H19N3O/c1-10-6-2-3-7-11(10)15-13(17)16-12-8-4-5-9-14-12/h4-5,8-11H,2-3,6-7H2,1H3,(H2,14,15,16,17). The Balaban J connectivity index is 1.84. The second-order valence-electron chi connectivity index (χ2n) is 4.68. The van der Waals surface area contributed by atoms with Crippen LogP contribution in [0.5, 0.6) is 0 Å². The van der Waals surface area contributed by atoms with Crippen LogP contribution in [0.3, 0.4) is 0 Å². The SMILES string of the molecule is CC1CCCCC1NC(=O)Nc1ccccn1. The Morgan fingerprint density at radius 2 is 2.18 bits per heavy atom. The van der Waals surface area contributed by atoms with Gasteiger partial charge in [0.15, 0.2) is 0 Å². The minimum Gasteiger partial charge on any atom is -0.335 e. The highest BCUT2D eigenvalue weighted by atomic mass is 16.2. The summed E-state index contributed by atoms with van der Waals surface area (Å²) >= 11 is 0. The number of aromatic nitrogens is 1. The molecule has 17 heavy (non-hydrogen) atoms.